The van der Waals surface area contributed by atoms with Crippen molar-refractivity contribution in [3.63, 3.8) is 0 Å². The molecule has 0 atom stereocenters. The van der Waals surface area contributed by atoms with Crippen molar-refractivity contribution in [3.8, 4) is 6.07 Å². The van der Waals surface area contributed by atoms with E-state index in [1.165, 1.54) is 12.1 Å². The second-order valence-corrected chi connectivity index (χ2v) is 5.18. The lowest BCUT2D eigenvalue weighted by Crippen LogP contribution is -2.23. The van der Waals surface area contributed by atoms with Crippen molar-refractivity contribution in [3.05, 3.63) is 59.4 Å². The summed E-state index contributed by atoms with van der Waals surface area (Å²) in [6.45, 7) is 2.44. The molecule has 0 fully saturated rings. The highest BCUT2D eigenvalue weighted by molar-refractivity contribution is 5.70. The SMILES string of the molecule is N#Cc1cc(F)cc(CN2CCCNc3ccccc32)c1. The third kappa shape index (κ3) is 2.97. The molecule has 1 aliphatic heterocycles. The summed E-state index contributed by atoms with van der Waals surface area (Å²) in [5.74, 6) is -0.356. The van der Waals surface area contributed by atoms with Crippen LogP contribution >= 0.6 is 0 Å². The van der Waals surface area contributed by atoms with Crippen molar-refractivity contribution in [1.29, 1.82) is 5.26 Å². The molecule has 0 aliphatic carbocycles. The van der Waals surface area contributed by atoms with Crippen molar-refractivity contribution in [2.45, 2.75) is 13.0 Å². The molecule has 0 aromatic heterocycles. The van der Waals surface area contributed by atoms with E-state index in [9.17, 15) is 4.39 Å². The monoisotopic (exact) mass is 281 g/mol. The van der Waals surface area contributed by atoms with Gasteiger partial charge in [0, 0.05) is 19.6 Å². The zero-order valence-corrected chi connectivity index (χ0v) is 11.6. The maximum Gasteiger partial charge on any atom is 0.124 e. The zero-order chi connectivity index (χ0) is 14.7. The van der Waals surface area contributed by atoms with Crippen LogP contribution < -0.4 is 10.2 Å². The number of anilines is 2. The van der Waals surface area contributed by atoms with Crippen LogP contribution in [0.15, 0.2) is 42.5 Å². The fourth-order valence-electron chi connectivity index (χ4n) is 2.70. The number of hydrogen-bond acceptors (Lipinski definition) is 3. The summed E-state index contributed by atoms with van der Waals surface area (Å²) < 4.78 is 13.6. The Morgan fingerprint density at radius 3 is 2.95 bits per heavy atom. The first kappa shape index (κ1) is 13.4. The normalized spacial score (nSPS) is 13.8. The Hall–Kier alpha value is -2.54. The van der Waals surface area contributed by atoms with E-state index in [1.807, 2.05) is 18.2 Å². The van der Waals surface area contributed by atoms with Crippen molar-refractivity contribution in [1.82, 2.24) is 0 Å². The minimum absolute atomic E-state index is 0.356. The molecule has 2 aromatic carbocycles. The van der Waals surface area contributed by atoms with Gasteiger partial charge in [0.05, 0.1) is 23.0 Å². The standard InChI is InChI=1S/C17H16FN3/c18-15-9-13(11-19)8-14(10-15)12-21-7-3-6-20-16-4-1-2-5-17(16)21/h1-2,4-5,8-10,20H,3,6-7,12H2. The molecule has 0 saturated carbocycles. The molecular formula is C17H16FN3. The predicted octanol–water partition coefficient (Wildman–Crippen LogP) is 3.52. The van der Waals surface area contributed by atoms with Crippen molar-refractivity contribution >= 4 is 11.4 Å². The number of fused-ring (bicyclic) bond motifs is 1. The van der Waals surface area contributed by atoms with Crippen molar-refractivity contribution in [2.24, 2.45) is 0 Å². The molecule has 1 aliphatic rings. The minimum atomic E-state index is -0.356. The van der Waals surface area contributed by atoms with Gasteiger partial charge in [0.15, 0.2) is 0 Å². The van der Waals surface area contributed by atoms with E-state index in [1.54, 1.807) is 6.07 Å². The molecule has 3 rings (SSSR count). The van der Waals surface area contributed by atoms with Crippen LogP contribution in [0.1, 0.15) is 17.5 Å². The van der Waals surface area contributed by atoms with Gasteiger partial charge in [-0.2, -0.15) is 5.26 Å². The van der Waals surface area contributed by atoms with E-state index in [0.29, 0.717) is 12.1 Å². The van der Waals surface area contributed by atoms with E-state index in [4.69, 9.17) is 5.26 Å². The highest BCUT2D eigenvalue weighted by Gasteiger charge is 2.15. The summed E-state index contributed by atoms with van der Waals surface area (Å²) in [6, 6.07) is 14.7. The molecule has 0 radical (unpaired) electrons. The molecule has 3 nitrogen and oxygen atoms in total. The number of para-hydroxylation sites is 2. The Morgan fingerprint density at radius 1 is 1.24 bits per heavy atom. The molecule has 1 N–H and O–H groups in total. The molecule has 0 bridgehead atoms. The summed E-state index contributed by atoms with van der Waals surface area (Å²) in [4.78, 5) is 2.23. The molecule has 0 spiro atoms. The van der Waals surface area contributed by atoms with Crippen LogP contribution in [0.4, 0.5) is 15.8 Å². The van der Waals surface area contributed by atoms with Crippen molar-refractivity contribution in [2.75, 3.05) is 23.3 Å². The van der Waals surface area contributed by atoms with Gasteiger partial charge in [0.2, 0.25) is 0 Å². The molecule has 0 unspecified atom stereocenters. The summed E-state index contributed by atoms with van der Waals surface area (Å²) in [7, 11) is 0. The van der Waals surface area contributed by atoms with Gasteiger partial charge in [-0.3, -0.25) is 0 Å². The maximum absolute atomic E-state index is 13.6. The molecule has 0 saturated heterocycles. The predicted molar refractivity (Wildman–Crippen MR) is 81.7 cm³/mol. The molecular weight excluding hydrogens is 265 g/mol. The molecule has 1 heterocycles. The maximum atomic E-state index is 13.6. The first-order valence-electron chi connectivity index (χ1n) is 7.04. The van der Waals surface area contributed by atoms with Gasteiger partial charge < -0.3 is 10.2 Å². The number of nitrogens with one attached hydrogen (secondary N) is 1. The smallest absolute Gasteiger partial charge is 0.124 e. The highest BCUT2D eigenvalue weighted by atomic mass is 19.1. The van der Waals surface area contributed by atoms with E-state index < -0.39 is 0 Å². The van der Waals surface area contributed by atoms with Gasteiger partial charge in [-0.05, 0) is 42.3 Å². The van der Waals surface area contributed by atoms with Crippen molar-refractivity contribution < 1.29 is 4.39 Å². The summed E-state index contributed by atoms with van der Waals surface area (Å²) in [5.41, 5.74) is 3.42. The highest BCUT2D eigenvalue weighted by Crippen LogP contribution is 2.29. The Bertz CT molecular complexity index is 691. The lowest BCUT2D eigenvalue weighted by atomic mass is 10.1. The molecule has 21 heavy (non-hydrogen) atoms. The lowest BCUT2D eigenvalue weighted by molar-refractivity contribution is 0.623. The third-order valence-corrected chi connectivity index (χ3v) is 3.63. The number of nitrogens with zero attached hydrogens (tertiary/aromatic N) is 2. The van der Waals surface area contributed by atoms with Gasteiger partial charge in [0.1, 0.15) is 5.82 Å². The van der Waals surface area contributed by atoms with Crippen LogP contribution in [-0.4, -0.2) is 13.1 Å². The van der Waals surface area contributed by atoms with Crippen LogP contribution in [0.5, 0.6) is 0 Å². The number of benzene rings is 2. The minimum Gasteiger partial charge on any atom is -0.383 e. The quantitative estimate of drug-likeness (QED) is 0.915. The number of hydrogen-bond donors (Lipinski definition) is 1. The zero-order valence-electron chi connectivity index (χ0n) is 11.6. The van der Waals surface area contributed by atoms with Crippen LogP contribution in [0.2, 0.25) is 0 Å². The number of nitriles is 1. The number of rotatable bonds is 2. The van der Waals surface area contributed by atoms with Crippen LogP contribution in [0.3, 0.4) is 0 Å². The number of halogens is 1. The average Bonchev–Trinajstić information content (AvgIpc) is 2.69. The summed E-state index contributed by atoms with van der Waals surface area (Å²) in [5, 5.41) is 12.4. The molecule has 106 valence electrons. The van der Waals surface area contributed by atoms with Crippen LogP contribution in [0, 0.1) is 17.1 Å². The molecule has 0 amide bonds. The van der Waals surface area contributed by atoms with Gasteiger partial charge in [-0.25, -0.2) is 4.39 Å². The molecule has 2 aromatic rings. The lowest BCUT2D eigenvalue weighted by Gasteiger charge is -2.24. The Balaban J connectivity index is 1.91. The first-order chi connectivity index (χ1) is 10.3. The van der Waals surface area contributed by atoms with Gasteiger partial charge in [0.25, 0.3) is 0 Å². The Morgan fingerprint density at radius 2 is 2.10 bits per heavy atom. The van der Waals surface area contributed by atoms with Gasteiger partial charge >= 0.3 is 0 Å². The van der Waals surface area contributed by atoms with E-state index in [-0.39, 0.29) is 5.82 Å². The fraction of sp³-hybridized carbons (Fsp3) is 0.235. The Kier molecular flexibility index (Phi) is 3.74. The fourth-order valence-corrected chi connectivity index (χ4v) is 2.70. The van der Waals surface area contributed by atoms with Crippen LogP contribution in [0.25, 0.3) is 0 Å². The first-order valence-corrected chi connectivity index (χ1v) is 7.04. The second kappa shape index (κ2) is 5.84. The third-order valence-electron chi connectivity index (χ3n) is 3.63. The Labute approximate surface area is 123 Å². The van der Waals surface area contributed by atoms with E-state index >= 15 is 0 Å². The largest absolute Gasteiger partial charge is 0.383 e. The average molecular weight is 281 g/mol. The van der Waals surface area contributed by atoms with Crippen LogP contribution in [-0.2, 0) is 6.54 Å². The summed E-state index contributed by atoms with van der Waals surface area (Å²) >= 11 is 0. The van der Waals surface area contributed by atoms with Gasteiger partial charge in [-0.15, -0.1) is 0 Å². The topological polar surface area (TPSA) is 39.1 Å². The molecule has 4 heteroatoms. The second-order valence-electron chi connectivity index (χ2n) is 5.18. The summed E-state index contributed by atoms with van der Waals surface area (Å²) in [6.07, 6.45) is 1.02. The van der Waals surface area contributed by atoms with Gasteiger partial charge in [-0.1, -0.05) is 12.1 Å². The van der Waals surface area contributed by atoms with E-state index in [0.717, 1.165) is 36.4 Å². The van der Waals surface area contributed by atoms with E-state index in [2.05, 4.69) is 22.3 Å².